The van der Waals surface area contributed by atoms with E-state index in [2.05, 4.69) is 4.72 Å². The van der Waals surface area contributed by atoms with Gasteiger partial charge in [0.05, 0.1) is 12.4 Å². The molecule has 0 aromatic heterocycles. The maximum Gasteiger partial charge on any atom is 0.337 e. The van der Waals surface area contributed by atoms with Crippen molar-refractivity contribution in [1.82, 2.24) is 0 Å². The molecule has 156 valence electrons. The first-order chi connectivity index (χ1) is 14.3. The molecule has 3 rings (SSSR count). The van der Waals surface area contributed by atoms with E-state index in [4.69, 9.17) is 4.74 Å². The number of carboxylic acids is 1. The fraction of sp³-hybridized carbons (Fsp3) is 0.174. The lowest BCUT2D eigenvalue weighted by atomic mass is 10.0. The number of carbonyl (C=O) groups is 1. The Labute approximate surface area is 176 Å². The normalized spacial score (nSPS) is 12.3. The highest BCUT2D eigenvalue weighted by atomic mass is 32.2. The number of hydrogen-bond acceptors (Lipinski definition) is 4. The highest BCUT2D eigenvalue weighted by Crippen LogP contribution is 2.27. The molecule has 0 saturated heterocycles. The van der Waals surface area contributed by atoms with Crippen LogP contribution in [0.4, 0.5) is 5.69 Å². The Morgan fingerprint density at radius 1 is 0.967 bits per heavy atom. The van der Waals surface area contributed by atoms with E-state index in [1.165, 1.54) is 6.07 Å². The van der Waals surface area contributed by atoms with Crippen molar-refractivity contribution in [3.05, 3.63) is 101 Å². The number of hydrogen-bond donors (Lipinski definition) is 2. The van der Waals surface area contributed by atoms with Crippen LogP contribution in [0.3, 0.4) is 0 Å². The second kappa shape index (κ2) is 9.56. The molecule has 1 atom stereocenters. The Morgan fingerprint density at radius 2 is 1.57 bits per heavy atom. The summed E-state index contributed by atoms with van der Waals surface area (Å²) < 4.78 is 33.2. The van der Waals surface area contributed by atoms with Gasteiger partial charge in [-0.25, -0.2) is 13.2 Å². The summed E-state index contributed by atoms with van der Waals surface area (Å²) in [5, 5.41) is 9.68. The van der Waals surface area contributed by atoms with Gasteiger partial charge in [-0.15, -0.1) is 0 Å². The molecule has 0 amide bonds. The molecule has 0 radical (unpaired) electrons. The average Bonchev–Trinajstić information content (AvgIpc) is 2.71. The second-order valence-electron chi connectivity index (χ2n) is 6.93. The van der Waals surface area contributed by atoms with Gasteiger partial charge in [0.1, 0.15) is 0 Å². The summed E-state index contributed by atoms with van der Waals surface area (Å²) in [6.07, 6.45) is -1.22. The average molecular weight is 426 g/mol. The minimum absolute atomic E-state index is 0.126. The van der Waals surface area contributed by atoms with Crippen LogP contribution in [0.2, 0.25) is 0 Å². The van der Waals surface area contributed by atoms with Crippen LogP contribution in [0.1, 0.15) is 28.4 Å². The van der Waals surface area contributed by atoms with Crippen LogP contribution >= 0.6 is 0 Å². The maximum absolute atomic E-state index is 12.5. The van der Waals surface area contributed by atoms with Gasteiger partial charge in [0, 0.05) is 5.69 Å². The van der Waals surface area contributed by atoms with Gasteiger partial charge >= 0.3 is 5.97 Å². The summed E-state index contributed by atoms with van der Waals surface area (Å²) in [6.45, 7) is 1.89. The van der Waals surface area contributed by atoms with Crippen molar-refractivity contribution in [2.45, 2.75) is 25.4 Å². The van der Waals surface area contributed by atoms with Gasteiger partial charge in [0.15, 0.2) is 6.10 Å². The van der Waals surface area contributed by atoms with E-state index in [-0.39, 0.29) is 12.4 Å². The quantitative estimate of drug-likeness (QED) is 0.534. The van der Waals surface area contributed by atoms with E-state index < -0.39 is 22.1 Å². The third-order valence-corrected chi connectivity index (χ3v) is 5.78. The zero-order valence-electron chi connectivity index (χ0n) is 16.5. The van der Waals surface area contributed by atoms with E-state index in [1.54, 1.807) is 43.3 Å². The molecule has 0 bridgehead atoms. The summed E-state index contributed by atoms with van der Waals surface area (Å²) in [5.74, 6) is -1.32. The van der Waals surface area contributed by atoms with E-state index in [0.717, 1.165) is 5.56 Å². The highest BCUT2D eigenvalue weighted by molar-refractivity contribution is 7.91. The van der Waals surface area contributed by atoms with Gasteiger partial charge in [-0.3, -0.25) is 4.72 Å². The Balaban J connectivity index is 1.79. The highest BCUT2D eigenvalue weighted by Gasteiger charge is 2.24. The van der Waals surface area contributed by atoms with Crippen molar-refractivity contribution in [3.8, 4) is 0 Å². The predicted molar refractivity (Wildman–Crippen MR) is 115 cm³/mol. The Kier molecular flexibility index (Phi) is 6.87. The molecule has 0 spiro atoms. The first kappa shape index (κ1) is 21.5. The van der Waals surface area contributed by atoms with Crippen LogP contribution < -0.4 is 4.72 Å². The van der Waals surface area contributed by atoms with Crippen LogP contribution in [-0.2, 0) is 31.9 Å². The lowest BCUT2D eigenvalue weighted by molar-refractivity contribution is -0.151. The number of benzene rings is 3. The van der Waals surface area contributed by atoms with Crippen molar-refractivity contribution in [2.75, 3.05) is 4.72 Å². The Morgan fingerprint density at radius 3 is 2.17 bits per heavy atom. The lowest BCUT2D eigenvalue weighted by Gasteiger charge is -2.18. The van der Waals surface area contributed by atoms with Crippen LogP contribution in [0.15, 0.2) is 78.9 Å². The molecule has 3 aromatic rings. The van der Waals surface area contributed by atoms with E-state index >= 15 is 0 Å². The van der Waals surface area contributed by atoms with Crippen molar-refractivity contribution in [2.24, 2.45) is 0 Å². The third-order valence-electron chi connectivity index (χ3n) is 4.52. The third kappa shape index (κ3) is 5.92. The van der Waals surface area contributed by atoms with Crippen LogP contribution in [0, 0.1) is 6.92 Å². The van der Waals surface area contributed by atoms with Crippen molar-refractivity contribution in [3.63, 3.8) is 0 Å². The summed E-state index contributed by atoms with van der Waals surface area (Å²) in [4.78, 5) is 11.8. The number of anilines is 1. The van der Waals surface area contributed by atoms with Gasteiger partial charge < -0.3 is 9.84 Å². The molecule has 0 fully saturated rings. The summed E-state index contributed by atoms with van der Waals surface area (Å²) in [6, 6.07) is 22.9. The number of nitrogens with one attached hydrogen (secondary N) is 1. The van der Waals surface area contributed by atoms with Crippen molar-refractivity contribution < 1.29 is 23.1 Å². The molecule has 30 heavy (non-hydrogen) atoms. The first-order valence-corrected chi connectivity index (χ1v) is 11.0. The molecular weight excluding hydrogens is 402 g/mol. The van der Waals surface area contributed by atoms with Crippen molar-refractivity contribution >= 4 is 21.7 Å². The van der Waals surface area contributed by atoms with Gasteiger partial charge in [0.2, 0.25) is 10.0 Å². The van der Waals surface area contributed by atoms with E-state index in [1.807, 2.05) is 36.4 Å². The zero-order valence-corrected chi connectivity index (χ0v) is 17.3. The molecule has 7 heteroatoms. The molecule has 6 nitrogen and oxygen atoms in total. The minimum atomic E-state index is -3.66. The topological polar surface area (TPSA) is 92.7 Å². The van der Waals surface area contributed by atoms with Gasteiger partial charge in [0.25, 0.3) is 0 Å². The fourth-order valence-electron chi connectivity index (χ4n) is 3.04. The summed E-state index contributed by atoms with van der Waals surface area (Å²) in [7, 11) is -3.66. The van der Waals surface area contributed by atoms with Gasteiger partial charge in [-0.05, 0) is 41.3 Å². The molecule has 2 N–H and O–H groups in total. The van der Waals surface area contributed by atoms with Gasteiger partial charge in [-0.1, -0.05) is 66.7 Å². The monoisotopic (exact) mass is 425 g/mol. The smallest absolute Gasteiger partial charge is 0.337 e. The SMILES string of the molecule is Cc1ccc(NS(=O)(=O)Cc2ccccc2)cc1C(OCc1ccccc1)C(=O)O. The number of rotatable bonds is 9. The lowest BCUT2D eigenvalue weighted by Crippen LogP contribution is -2.18. The van der Waals surface area contributed by atoms with E-state index in [0.29, 0.717) is 22.4 Å². The molecule has 0 aliphatic heterocycles. The molecule has 1 unspecified atom stereocenters. The van der Waals surface area contributed by atoms with Crippen LogP contribution in [-0.4, -0.2) is 19.5 Å². The second-order valence-corrected chi connectivity index (χ2v) is 8.66. The maximum atomic E-state index is 12.5. The molecule has 0 heterocycles. The Bertz CT molecular complexity index is 1100. The molecular formula is C23H23NO5S. The van der Waals surface area contributed by atoms with Crippen molar-refractivity contribution in [1.29, 1.82) is 0 Å². The predicted octanol–water partition coefficient (Wildman–Crippen LogP) is 4.28. The largest absolute Gasteiger partial charge is 0.479 e. The number of ether oxygens (including phenoxy) is 1. The molecule has 3 aromatic carbocycles. The summed E-state index contributed by atoms with van der Waals surface area (Å²) in [5.41, 5.74) is 2.90. The molecule has 0 saturated carbocycles. The van der Waals surface area contributed by atoms with E-state index in [9.17, 15) is 18.3 Å². The van der Waals surface area contributed by atoms with Crippen LogP contribution in [0.5, 0.6) is 0 Å². The first-order valence-electron chi connectivity index (χ1n) is 9.37. The number of carboxylic acid groups (broad SMARTS) is 1. The number of sulfonamides is 1. The molecule has 0 aliphatic carbocycles. The standard InChI is InChI=1S/C23H23NO5S/c1-17-12-13-20(24-30(27,28)16-19-10-6-3-7-11-19)14-21(17)22(23(25)26)29-15-18-8-4-2-5-9-18/h2-14,22,24H,15-16H2,1H3,(H,25,26). The Hall–Kier alpha value is -3.16. The minimum Gasteiger partial charge on any atom is -0.479 e. The fourth-order valence-corrected chi connectivity index (χ4v) is 4.23. The summed E-state index contributed by atoms with van der Waals surface area (Å²) >= 11 is 0. The molecule has 0 aliphatic rings. The van der Waals surface area contributed by atoms with Gasteiger partial charge in [-0.2, -0.15) is 0 Å². The number of aryl methyl sites for hydroxylation is 1. The zero-order chi connectivity index (χ0) is 21.6. The van der Waals surface area contributed by atoms with Crippen LogP contribution in [0.25, 0.3) is 0 Å². The number of aliphatic carboxylic acids is 1.